The van der Waals surface area contributed by atoms with Crippen LogP contribution in [0.25, 0.3) is 11.1 Å². The van der Waals surface area contributed by atoms with Crippen LogP contribution in [-0.4, -0.2) is 10.2 Å². The highest BCUT2D eigenvalue weighted by Gasteiger charge is 2.15. The van der Waals surface area contributed by atoms with Gasteiger partial charge in [-0.1, -0.05) is 0 Å². The number of aromatic hydroxyl groups is 2. The largest absolute Gasteiger partial charge is 0.506 e. The average Bonchev–Trinajstić information content (AvgIpc) is 2.28. The zero-order chi connectivity index (χ0) is 13.4. The number of hydrogen-bond donors (Lipinski definition) is 2. The fourth-order valence-corrected chi connectivity index (χ4v) is 3.03. The molecular weight excluding hydrogens is 360 g/mol. The molecule has 0 amide bonds. The second-order valence-corrected chi connectivity index (χ2v) is 5.99. The predicted octanol–water partition coefficient (Wildman–Crippen LogP) is 4.91. The first-order valence-electron chi connectivity index (χ1n) is 5.38. The Balaban J connectivity index is 2.77. The molecule has 0 heterocycles. The summed E-state index contributed by atoms with van der Waals surface area (Å²) < 4.78 is 1.24. The zero-order valence-corrected chi connectivity index (χ0v) is 13.1. The Labute approximate surface area is 123 Å². The van der Waals surface area contributed by atoms with Crippen LogP contribution in [-0.2, 0) is 0 Å². The first-order chi connectivity index (χ1) is 8.40. The molecule has 94 valence electrons. The molecule has 2 aromatic carbocycles. The van der Waals surface area contributed by atoms with Crippen LogP contribution >= 0.6 is 31.9 Å². The van der Waals surface area contributed by atoms with Crippen molar-refractivity contribution in [3.8, 4) is 22.6 Å². The molecule has 2 rings (SSSR count). The van der Waals surface area contributed by atoms with Gasteiger partial charge in [0.15, 0.2) is 0 Å². The molecule has 0 fully saturated rings. The first kappa shape index (κ1) is 13.4. The van der Waals surface area contributed by atoms with E-state index in [0.717, 1.165) is 11.1 Å². The summed E-state index contributed by atoms with van der Waals surface area (Å²) in [5, 5.41) is 20.2. The standard InChI is InChI=1S/C14H12Br2O2/c1-7-3-9(13(17)11(15)5-7)10-4-8(2)6-12(16)14(10)18/h3-6,17-18H,1-2H3. The highest BCUT2D eigenvalue weighted by atomic mass is 79.9. The van der Waals surface area contributed by atoms with Crippen molar-refractivity contribution >= 4 is 31.9 Å². The van der Waals surface area contributed by atoms with E-state index in [0.29, 0.717) is 20.1 Å². The Morgan fingerprint density at radius 2 is 1.06 bits per heavy atom. The van der Waals surface area contributed by atoms with E-state index in [4.69, 9.17) is 0 Å². The van der Waals surface area contributed by atoms with Crippen LogP contribution in [0, 0.1) is 13.8 Å². The number of phenolic OH excluding ortho intramolecular Hbond substituents is 2. The van der Waals surface area contributed by atoms with E-state index in [1.807, 2.05) is 38.1 Å². The van der Waals surface area contributed by atoms with E-state index in [-0.39, 0.29) is 11.5 Å². The normalized spacial score (nSPS) is 10.7. The third kappa shape index (κ3) is 2.40. The summed E-state index contributed by atoms with van der Waals surface area (Å²) in [7, 11) is 0. The van der Waals surface area contributed by atoms with E-state index in [2.05, 4.69) is 31.9 Å². The molecular formula is C14H12Br2O2. The first-order valence-corrected chi connectivity index (χ1v) is 6.97. The smallest absolute Gasteiger partial charge is 0.137 e. The van der Waals surface area contributed by atoms with E-state index in [1.54, 1.807) is 0 Å². The Hall–Kier alpha value is -1.00. The summed E-state index contributed by atoms with van der Waals surface area (Å²) in [4.78, 5) is 0. The summed E-state index contributed by atoms with van der Waals surface area (Å²) in [5.41, 5.74) is 3.24. The quantitative estimate of drug-likeness (QED) is 0.747. The lowest BCUT2D eigenvalue weighted by Gasteiger charge is -2.12. The van der Waals surface area contributed by atoms with Gasteiger partial charge in [-0.3, -0.25) is 0 Å². The molecule has 18 heavy (non-hydrogen) atoms. The highest BCUT2D eigenvalue weighted by Crippen LogP contribution is 2.43. The average molecular weight is 372 g/mol. The lowest BCUT2D eigenvalue weighted by atomic mass is 9.99. The molecule has 0 aliphatic carbocycles. The zero-order valence-electron chi connectivity index (χ0n) is 9.96. The Kier molecular flexibility index (Phi) is 3.69. The molecule has 0 unspecified atom stereocenters. The minimum absolute atomic E-state index is 0.133. The van der Waals surface area contributed by atoms with E-state index in [1.165, 1.54) is 0 Å². The number of benzene rings is 2. The fraction of sp³-hybridized carbons (Fsp3) is 0.143. The third-order valence-electron chi connectivity index (χ3n) is 2.71. The Morgan fingerprint density at radius 3 is 1.39 bits per heavy atom. The van der Waals surface area contributed by atoms with Crippen LogP contribution in [0.15, 0.2) is 33.2 Å². The van der Waals surface area contributed by atoms with Gasteiger partial charge in [-0.15, -0.1) is 0 Å². The van der Waals surface area contributed by atoms with Gasteiger partial charge < -0.3 is 10.2 Å². The minimum atomic E-state index is 0.133. The number of phenols is 2. The topological polar surface area (TPSA) is 40.5 Å². The summed E-state index contributed by atoms with van der Waals surface area (Å²) in [6.07, 6.45) is 0. The van der Waals surface area contributed by atoms with Crippen molar-refractivity contribution in [3.63, 3.8) is 0 Å². The van der Waals surface area contributed by atoms with Crippen molar-refractivity contribution in [1.82, 2.24) is 0 Å². The maximum atomic E-state index is 10.1. The van der Waals surface area contributed by atoms with Gasteiger partial charge in [0, 0.05) is 11.1 Å². The second kappa shape index (κ2) is 4.94. The Morgan fingerprint density at radius 1 is 0.722 bits per heavy atom. The van der Waals surface area contributed by atoms with Crippen molar-refractivity contribution in [3.05, 3.63) is 44.3 Å². The molecule has 0 atom stereocenters. The van der Waals surface area contributed by atoms with E-state index in [9.17, 15) is 10.2 Å². The molecule has 0 bridgehead atoms. The molecule has 0 aliphatic rings. The summed E-state index contributed by atoms with van der Waals surface area (Å²) in [6.45, 7) is 3.88. The van der Waals surface area contributed by atoms with E-state index >= 15 is 0 Å². The Bertz CT molecular complexity index is 566. The SMILES string of the molecule is Cc1cc(Br)c(O)c(-c2cc(C)cc(Br)c2O)c1. The van der Waals surface area contributed by atoms with Crippen LogP contribution < -0.4 is 0 Å². The van der Waals surface area contributed by atoms with Gasteiger partial charge in [-0.25, -0.2) is 0 Å². The van der Waals surface area contributed by atoms with Gasteiger partial charge in [-0.05, 0) is 81.1 Å². The van der Waals surface area contributed by atoms with Crippen molar-refractivity contribution in [1.29, 1.82) is 0 Å². The lowest BCUT2D eigenvalue weighted by Crippen LogP contribution is -1.86. The van der Waals surface area contributed by atoms with Crippen LogP contribution in [0.2, 0.25) is 0 Å². The lowest BCUT2D eigenvalue weighted by molar-refractivity contribution is 0.465. The summed E-state index contributed by atoms with van der Waals surface area (Å²) >= 11 is 6.62. The van der Waals surface area contributed by atoms with Gasteiger partial charge in [0.05, 0.1) is 8.95 Å². The van der Waals surface area contributed by atoms with Crippen LogP contribution in [0.5, 0.6) is 11.5 Å². The van der Waals surface area contributed by atoms with Gasteiger partial charge in [0.1, 0.15) is 11.5 Å². The summed E-state index contributed by atoms with van der Waals surface area (Å²) in [6, 6.07) is 7.36. The van der Waals surface area contributed by atoms with Crippen LogP contribution in [0.4, 0.5) is 0 Å². The molecule has 2 N–H and O–H groups in total. The number of hydrogen-bond acceptors (Lipinski definition) is 2. The molecule has 0 radical (unpaired) electrons. The van der Waals surface area contributed by atoms with Crippen LogP contribution in [0.3, 0.4) is 0 Å². The van der Waals surface area contributed by atoms with Gasteiger partial charge >= 0.3 is 0 Å². The highest BCUT2D eigenvalue weighted by molar-refractivity contribution is 9.11. The van der Waals surface area contributed by atoms with Gasteiger partial charge in [0.25, 0.3) is 0 Å². The van der Waals surface area contributed by atoms with Crippen molar-refractivity contribution in [2.45, 2.75) is 13.8 Å². The van der Waals surface area contributed by atoms with Gasteiger partial charge in [0.2, 0.25) is 0 Å². The van der Waals surface area contributed by atoms with Crippen molar-refractivity contribution < 1.29 is 10.2 Å². The molecule has 2 nitrogen and oxygen atoms in total. The number of halogens is 2. The molecule has 0 aromatic heterocycles. The van der Waals surface area contributed by atoms with Crippen molar-refractivity contribution in [2.24, 2.45) is 0 Å². The maximum absolute atomic E-state index is 10.1. The molecule has 0 spiro atoms. The van der Waals surface area contributed by atoms with Gasteiger partial charge in [-0.2, -0.15) is 0 Å². The molecule has 2 aromatic rings. The third-order valence-corrected chi connectivity index (χ3v) is 3.91. The van der Waals surface area contributed by atoms with Crippen molar-refractivity contribution in [2.75, 3.05) is 0 Å². The molecule has 0 saturated heterocycles. The number of aryl methyl sites for hydroxylation is 2. The molecule has 0 saturated carbocycles. The number of rotatable bonds is 1. The minimum Gasteiger partial charge on any atom is -0.506 e. The fourth-order valence-electron chi connectivity index (χ4n) is 1.88. The second-order valence-electron chi connectivity index (χ2n) is 4.29. The monoisotopic (exact) mass is 370 g/mol. The molecule has 0 aliphatic heterocycles. The summed E-state index contributed by atoms with van der Waals surface area (Å²) in [5.74, 6) is 0.266. The molecule has 4 heteroatoms. The maximum Gasteiger partial charge on any atom is 0.137 e. The van der Waals surface area contributed by atoms with Crippen LogP contribution in [0.1, 0.15) is 11.1 Å². The van der Waals surface area contributed by atoms with E-state index < -0.39 is 0 Å². The predicted molar refractivity (Wildman–Crippen MR) is 80.1 cm³/mol.